The number of carbonyl (C=O) groups is 1. The number of hydrogen-bond acceptors (Lipinski definition) is 6. The Labute approximate surface area is 271 Å². The van der Waals surface area contributed by atoms with Crippen molar-refractivity contribution in [3.05, 3.63) is 98.8 Å². The second-order valence-electron chi connectivity index (χ2n) is 13.5. The number of anilines is 1. The van der Waals surface area contributed by atoms with Gasteiger partial charge < -0.3 is 20.5 Å². The molecule has 4 rings (SSSR count). The van der Waals surface area contributed by atoms with Gasteiger partial charge in [0.2, 0.25) is 0 Å². The first-order valence-corrected chi connectivity index (χ1v) is 15.2. The molecule has 11 heteroatoms. The lowest BCUT2D eigenvalue weighted by Gasteiger charge is -2.38. The van der Waals surface area contributed by atoms with Gasteiger partial charge >= 0.3 is 5.97 Å². The quantitative estimate of drug-likeness (QED) is 0.175. The average molecular weight is 663 g/mol. The summed E-state index contributed by atoms with van der Waals surface area (Å²) in [6.07, 6.45) is -1.24. The van der Waals surface area contributed by atoms with Crippen LogP contribution in [0, 0.1) is 34.2 Å². The first kappa shape index (κ1) is 34.6. The fourth-order valence-corrected chi connectivity index (χ4v) is 6.36. The monoisotopic (exact) mass is 661 g/mol. The SMILES string of the molecule is CC(C)(C)C[C@@H]1N[C@@H](C(O)Nc2ccc(C(=O)OC(C)(C)C)c(F)c2)C(c2cccc(Cl)c2F)[C@@]1(C#N)c1ccc(Cl)cc1F. The lowest BCUT2D eigenvalue weighted by atomic mass is 9.62. The van der Waals surface area contributed by atoms with E-state index < -0.39 is 64.1 Å². The van der Waals surface area contributed by atoms with E-state index in [0.717, 1.165) is 12.1 Å². The summed E-state index contributed by atoms with van der Waals surface area (Å²) in [6, 6.07) is 12.3. The Morgan fingerprint density at radius 2 is 1.76 bits per heavy atom. The van der Waals surface area contributed by atoms with Crippen LogP contribution in [-0.4, -0.2) is 35.0 Å². The molecule has 1 aliphatic heterocycles. The van der Waals surface area contributed by atoms with Gasteiger partial charge in [0, 0.05) is 28.2 Å². The number of esters is 1. The molecule has 1 heterocycles. The van der Waals surface area contributed by atoms with Crippen LogP contribution in [0.1, 0.15) is 75.4 Å². The van der Waals surface area contributed by atoms with Crippen molar-refractivity contribution in [2.75, 3.05) is 5.32 Å². The molecule has 240 valence electrons. The van der Waals surface area contributed by atoms with E-state index in [1.165, 1.54) is 42.5 Å². The number of halogens is 5. The van der Waals surface area contributed by atoms with Crippen LogP contribution in [0.3, 0.4) is 0 Å². The molecule has 5 atom stereocenters. The number of ether oxygens (including phenoxy) is 1. The molecule has 1 aliphatic rings. The van der Waals surface area contributed by atoms with Crippen molar-refractivity contribution in [1.29, 1.82) is 5.26 Å². The van der Waals surface area contributed by atoms with Crippen molar-refractivity contribution < 1.29 is 27.8 Å². The molecule has 1 fully saturated rings. The van der Waals surface area contributed by atoms with Crippen molar-refractivity contribution in [2.24, 2.45) is 5.41 Å². The molecule has 6 nitrogen and oxygen atoms in total. The van der Waals surface area contributed by atoms with Crippen LogP contribution in [-0.2, 0) is 10.2 Å². The third-order valence-corrected chi connectivity index (χ3v) is 8.26. The maximum atomic E-state index is 15.9. The number of aliphatic hydroxyl groups is 1. The molecule has 45 heavy (non-hydrogen) atoms. The number of hydrogen-bond donors (Lipinski definition) is 3. The number of rotatable bonds is 7. The summed E-state index contributed by atoms with van der Waals surface area (Å²) in [5.41, 5.74) is -3.23. The number of carbonyl (C=O) groups excluding carboxylic acids is 1. The highest BCUT2D eigenvalue weighted by Gasteiger charge is 2.60. The number of nitrogens with zero attached hydrogens (tertiary/aromatic N) is 1. The van der Waals surface area contributed by atoms with Crippen LogP contribution < -0.4 is 10.6 Å². The Balaban J connectivity index is 1.85. The number of benzene rings is 3. The Kier molecular flexibility index (Phi) is 9.87. The van der Waals surface area contributed by atoms with E-state index in [0.29, 0.717) is 6.42 Å². The normalized spacial score (nSPS) is 22.5. The Morgan fingerprint density at radius 1 is 1.07 bits per heavy atom. The van der Waals surface area contributed by atoms with Crippen LogP contribution in [0.15, 0.2) is 54.6 Å². The van der Waals surface area contributed by atoms with Gasteiger partial charge in [-0.1, -0.05) is 62.2 Å². The predicted octanol–water partition coefficient (Wildman–Crippen LogP) is 8.12. The third-order valence-electron chi connectivity index (χ3n) is 7.73. The summed E-state index contributed by atoms with van der Waals surface area (Å²) in [5, 5.41) is 28.6. The summed E-state index contributed by atoms with van der Waals surface area (Å²) in [6.45, 7) is 10.8. The van der Waals surface area contributed by atoms with Gasteiger partial charge in [0.1, 0.15) is 34.7 Å². The molecule has 2 unspecified atom stereocenters. The Morgan fingerprint density at radius 3 is 2.33 bits per heavy atom. The minimum Gasteiger partial charge on any atom is -0.456 e. The summed E-state index contributed by atoms with van der Waals surface area (Å²) in [4.78, 5) is 12.5. The fraction of sp³-hybridized carbons (Fsp3) is 0.412. The molecule has 0 aromatic heterocycles. The predicted molar refractivity (Wildman–Crippen MR) is 169 cm³/mol. The van der Waals surface area contributed by atoms with Crippen LogP contribution >= 0.6 is 23.2 Å². The zero-order chi connectivity index (χ0) is 33.5. The van der Waals surface area contributed by atoms with Crippen molar-refractivity contribution in [3.63, 3.8) is 0 Å². The lowest BCUT2D eigenvalue weighted by molar-refractivity contribution is 0.00647. The number of aliphatic hydroxyl groups excluding tert-OH is 1. The topological polar surface area (TPSA) is 94.4 Å². The highest BCUT2D eigenvalue weighted by atomic mass is 35.5. The van der Waals surface area contributed by atoms with Gasteiger partial charge in [-0.3, -0.25) is 0 Å². The highest BCUT2D eigenvalue weighted by Crippen LogP contribution is 2.53. The summed E-state index contributed by atoms with van der Waals surface area (Å²) in [7, 11) is 0. The number of nitriles is 1. The molecule has 0 radical (unpaired) electrons. The Hall–Kier alpha value is -3.29. The van der Waals surface area contributed by atoms with E-state index in [1.54, 1.807) is 20.8 Å². The summed E-state index contributed by atoms with van der Waals surface area (Å²) < 4.78 is 52.0. The molecular formula is C34H36Cl2F3N3O3. The van der Waals surface area contributed by atoms with Crippen molar-refractivity contribution in [2.45, 2.75) is 83.2 Å². The molecular weight excluding hydrogens is 626 g/mol. The second-order valence-corrected chi connectivity index (χ2v) is 14.4. The molecule has 0 amide bonds. The van der Waals surface area contributed by atoms with Gasteiger partial charge in [0.25, 0.3) is 0 Å². The largest absolute Gasteiger partial charge is 0.456 e. The molecule has 0 bridgehead atoms. The first-order chi connectivity index (χ1) is 20.9. The maximum absolute atomic E-state index is 15.9. The second kappa shape index (κ2) is 12.8. The van der Waals surface area contributed by atoms with Crippen molar-refractivity contribution in [3.8, 4) is 6.07 Å². The highest BCUT2D eigenvalue weighted by molar-refractivity contribution is 6.31. The van der Waals surface area contributed by atoms with Crippen molar-refractivity contribution >= 4 is 34.9 Å². The van der Waals surface area contributed by atoms with E-state index in [9.17, 15) is 15.2 Å². The summed E-state index contributed by atoms with van der Waals surface area (Å²) in [5.74, 6) is -4.52. The van der Waals surface area contributed by atoms with Gasteiger partial charge in [0.15, 0.2) is 0 Å². The van der Waals surface area contributed by atoms with E-state index in [-0.39, 0.29) is 32.4 Å². The standard InChI is InChI=1S/C34H36Cl2F3N3O3/c1-32(2,3)16-26-34(17-40,22-13-10-18(35)14-25(22)38)27(21-8-7-9-23(36)28(21)39)29(42-26)30(43)41-19-11-12-20(24(37)15-19)31(44)45-33(4,5)6/h7-15,26-27,29-30,41-43H,16H2,1-6H3/t26-,27?,29+,30?,34-/m0/s1. The smallest absolute Gasteiger partial charge is 0.341 e. The zero-order valence-electron chi connectivity index (χ0n) is 25.8. The first-order valence-electron chi connectivity index (χ1n) is 14.4. The van der Waals surface area contributed by atoms with Gasteiger partial charge in [-0.2, -0.15) is 5.26 Å². The van der Waals surface area contributed by atoms with Gasteiger partial charge in [-0.05, 0) is 74.6 Å². The van der Waals surface area contributed by atoms with E-state index >= 15 is 13.2 Å². The van der Waals surface area contributed by atoms with Crippen molar-refractivity contribution in [1.82, 2.24) is 5.32 Å². The van der Waals surface area contributed by atoms with Gasteiger partial charge in [0.05, 0.1) is 22.7 Å². The molecule has 3 aromatic carbocycles. The summed E-state index contributed by atoms with van der Waals surface area (Å²) >= 11 is 12.3. The minimum absolute atomic E-state index is 0.0142. The maximum Gasteiger partial charge on any atom is 0.341 e. The number of nitrogens with one attached hydrogen (secondary N) is 2. The van der Waals surface area contributed by atoms with Crippen LogP contribution in [0.25, 0.3) is 0 Å². The molecule has 0 aliphatic carbocycles. The van der Waals surface area contributed by atoms with Crippen LogP contribution in [0.4, 0.5) is 18.9 Å². The molecule has 0 spiro atoms. The van der Waals surface area contributed by atoms with E-state index in [2.05, 4.69) is 16.7 Å². The van der Waals surface area contributed by atoms with Gasteiger partial charge in [-0.15, -0.1) is 0 Å². The average Bonchev–Trinajstić information content (AvgIpc) is 3.22. The molecule has 0 saturated carbocycles. The van der Waals surface area contributed by atoms with Crippen LogP contribution in [0.5, 0.6) is 0 Å². The molecule has 3 N–H and O–H groups in total. The minimum atomic E-state index is -1.76. The lowest BCUT2D eigenvalue weighted by Crippen LogP contribution is -2.45. The van der Waals surface area contributed by atoms with E-state index in [1.807, 2.05) is 20.8 Å². The zero-order valence-corrected chi connectivity index (χ0v) is 27.3. The van der Waals surface area contributed by atoms with Gasteiger partial charge in [-0.25, -0.2) is 18.0 Å². The van der Waals surface area contributed by atoms with Crippen LogP contribution in [0.2, 0.25) is 10.0 Å². The third kappa shape index (κ3) is 7.25. The molecule has 1 saturated heterocycles. The Bertz CT molecular complexity index is 1630. The van der Waals surface area contributed by atoms with E-state index in [4.69, 9.17) is 27.9 Å². The fourth-order valence-electron chi connectivity index (χ4n) is 6.02. The molecule has 3 aromatic rings.